The largest absolute Gasteiger partial charge is 0.507 e. The highest BCUT2D eigenvalue weighted by Crippen LogP contribution is 2.47. The maximum absolute atomic E-state index is 10.8. The summed E-state index contributed by atoms with van der Waals surface area (Å²) in [6.45, 7) is 8.72. The van der Waals surface area contributed by atoms with E-state index in [0.717, 1.165) is 17.3 Å². The zero-order chi connectivity index (χ0) is 23.4. The van der Waals surface area contributed by atoms with Gasteiger partial charge in [-0.25, -0.2) is 0 Å². The molecule has 4 rings (SSSR count). The van der Waals surface area contributed by atoms with Gasteiger partial charge in [0.15, 0.2) is 0 Å². The zero-order valence-corrected chi connectivity index (χ0v) is 21.7. The van der Waals surface area contributed by atoms with Crippen molar-refractivity contribution in [2.45, 2.75) is 39.0 Å². The van der Waals surface area contributed by atoms with Crippen LogP contribution in [0.2, 0.25) is 0 Å². The van der Waals surface area contributed by atoms with Gasteiger partial charge in [0.2, 0.25) is 0 Å². The monoisotopic (exact) mass is 470 g/mol. The lowest BCUT2D eigenvalue weighted by Crippen LogP contribution is -2.21. The van der Waals surface area contributed by atoms with Gasteiger partial charge in [0.25, 0.3) is 0 Å². The molecule has 0 saturated carbocycles. The third kappa shape index (κ3) is 5.38. The molecule has 0 saturated heterocycles. The summed E-state index contributed by atoms with van der Waals surface area (Å²) in [6.07, 6.45) is 1.02. The summed E-state index contributed by atoms with van der Waals surface area (Å²) < 4.78 is 0. The Bertz CT molecular complexity index is 1180. The molecule has 0 spiro atoms. The molecule has 1 unspecified atom stereocenters. The van der Waals surface area contributed by atoms with E-state index in [1.165, 1.54) is 27.0 Å². The van der Waals surface area contributed by atoms with Gasteiger partial charge in [-0.05, 0) is 54.4 Å². The fourth-order valence-corrected chi connectivity index (χ4v) is 8.35. The Labute approximate surface area is 201 Å². The lowest BCUT2D eigenvalue weighted by Gasteiger charge is -2.30. The number of hydrogen-bond donors (Lipinski definition) is 1. The highest BCUT2D eigenvalue weighted by Gasteiger charge is 2.27. The molecule has 0 bridgehead atoms. The molecule has 4 aromatic rings. The highest BCUT2D eigenvalue weighted by molar-refractivity contribution is 7.72. The minimum Gasteiger partial charge on any atom is -0.507 e. The van der Waals surface area contributed by atoms with Crippen molar-refractivity contribution in [1.29, 1.82) is 0 Å². The van der Waals surface area contributed by atoms with Gasteiger partial charge in [-0.3, -0.25) is 0 Å². The number of para-hydroxylation sites is 1. The number of phenolic OH excluding ortho intramolecular Hbond substituents is 1. The van der Waals surface area contributed by atoms with Crippen LogP contribution in [-0.4, -0.2) is 5.11 Å². The number of aromatic hydroxyl groups is 1. The average molecular weight is 471 g/mol. The summed E-state index contributed by atoms with van der Waals surface area (Å²) in [5.74, 6) is 0.431. The van der Waals surface area contributed by atoms with E-state index in [2.05, 4.69) is 112 Å². The van der Waals surface area contributed by atoms with Gasteiger partial charge in [0.05, 0.1) is 0 Å². The molecule has 168 valence electrons. The lowest BCUT2D eigenvalue weighted by molar-refractivity contribution is 0.457. The molecule has 0 aliphatic carbocycles. The first-order chi connectivity index (χ1) is 15.9. The second-order valence-corrected chi connectivity index (χ2v) is 13.3. The maximum Gasteiger partial charge on any atom is 0.122 e. The molecule has 4 aromatic carbocycles. The van der Waals surface area contributed by atoms with E-state index in [9.17, 15) is 5.11 Å². The van der Waals surface area contributed by atoms with Crippen LogP contribution in [0.5, 0.6) is 5.75 Å². The molecule has 0 aliphatic heterocycles. The quantitative estimate of drug-likeness (QED) is 0.292. The number of aryl methyl sites for hydroxylation is 2. The van der Waals surface area contributed by atoms with Crippen LogP contribution >= 0.6 is 16.5 Å². The van der Waals surface area contributed by atoms with E-state index in [4.69, 9.17) is 0 Å². The van der Waals surface area contributed by atoms with Crippen LogP contribution in [0.1, 0.15) is 36.1 Å². The van der Waals surface area contributed by atoms with E-state index in [0.29, 0.717) is 14.3 Å². The Morgan fingerprint density at radius 2 is 1.24 bits per heavy atom. The molecular weight excluding hydrogens is 438 g/mol. The maximum atomic E-state index is 10.8. The second kappa shape index (κ2) is 10.2. The molecule has 0 amide bonds. The van der Waals surface area contributed by atoms with Gasteiger partial charge in [-0.15, -0.1) is 0 Å². The van der Waals surface area contributed by atoms with Crippen molar-refractivity contribution in [3.8, 4) is 5.75 Å². The minimum absolute atomic E-state index is 0.154. The molecule has 0 radical (unpaired) electrons. The molecule has 0 heterocycles. The molecule has 1 nitrogen and oxygen atoms in total. The Balaban J connectivity index is 1.74. The van der Waals surface area contributed by atoms with E-state index < -0.39 is 7.92 Å². The van der Waals surface area contributed by atoms with E-state index in [1.54, 1.807) is 0 Å². The molecule has 1 N–H and O–H groups in total. The highest BCUT2D eigenvalue weighted by atomic mass is 31.1. The summed E-state index contributed by atoms with van der Waals surface area (Å²) in [5, 5.41) is 14.9. The van der Waals surface area contributed by atoms with Crippen molar-refractivity contribution in [3.63, 3.8) is 0 Å². The summed E-state index contributed by atoms with van der Waals surface area (Å²) in [5.41, 5.74) is 4.73. The molecule has 3 heteroatoms. The zero-order valence-electron chi connectivity index (χ0n) is 19.8. The van der Waals surface area contributed by atoms with E-state index >= 15 is 0 Å². The second-order valence-electron chi connectivity index (χ2n) is 9.09. The van der Waals surface area contributed by atoms with Crippen LogP contribution in [0.25, 0.3) is 0 Å². The number of rotatable bonds is 7. The number of hydrogen-bond acceptors (Lipinski definition) is 1. The van der Waals surface area contributed by atoms with Gasteiger partial charge in [-0.1, -0.05) is 119 Å². The lowest BCUT2D eigenvalue weighted by atomic mass is 9.99. The van der Waals surface area contributed by atoms with Crippen molar-refractivity contribution in [1.82, 2.24) is 0 Å². The van der Waals surface area contributed by atoms with Gasteiger partial charge in [0, 0.05) is 16.9 Å². The average Bonchev–Trinajstić information content (AvgIpc) is 2.82. The molecule has 0 aromatic heterocycles. The third-order valence-electron chi connectivity index (χ3n) is 6.17. The molecule has 0 aliphatic rings. The smallest absolute Gasteiger partial charge is 0.122 e. The normalized spacial score (nSPS) is 12.0. The van der Waals surface area contributed by atoms with Crippen LogP contribution in [0.4, 0.5) is 0 Å². The molecule has 0 fully saturated rings. The van der Waals surface area contributed by atoms with Crippen molar-refractivity contribution < 1.29 is 5.11 Å². The van der Waals surface area contributed by atoms with E-state index in [-0.39, 0.29) is 5.16 Å². The fourth-order valence-electron chi connectivity index (χ4n) is 4.30. The SMILES string of the molecule is Cc1cccc(C(C)(C)Pc2c(C)cccc2CP(c2ccccc2)c2ccccc2)c1O. The molecular formula is C30H32OP2. The molecule has 1 atom stereocenters. The molecule has 33 heavy (non-hydrogen) atoms. The summed E-state index contributed by atoms with van der Waals surface area (Å²) in [6, 6.07) is 34.7. The third-order valence-corrected chi connectivity index (χ3v) is 10.5. The minimum atomic E-state index is -0.508. The van der Waals surface area contributed by atoms with Crippen LogP contribution in [-0.2, 0) is 11.3 Å². The van der Waals surface area contributed by atoms with E-state index in [1.807, 2.05) is 13.0 Å². The van der Waals surface area contributed by atoms with Gasteiger partial charge in [0.1, 0.15) is 5.75 Å². The van der Waals surface area contributed by atoms with Crippen molar-refractivity contribution in [2.24, 2.45) is 0 Å². The summed E-state index contributed by atoms with van der Waals surface area (Å²) in [7, 11) is 0.0564. The van der Waals surface area contributed by atoms with Crippen molar-refractivity contribution >= 4 is 32.4 Å². The fraction of sp³-hybridized carbons (Fsp3) is 0.200. The van der Waals surface area contributed by atoms with Crippen LogP contribution in [0, 0.1) is 13.8 Å². The predicted octanol–water partition coefficient (Wildman–Crippen LogP) is 6.88. The first-order valence-electron chi connectivity index (χ1n) is 11.4. The van der Waals surface area contributed by atoms with Crippen LogP contribution in [0.3, 0.4) is 0 Å². The predicted molar refractivity (Wildman–Crippen MR) is 148 cm³/mol. The Morgan fingerprint density at radius 3 is 1.85 bits per heavy atom. The topological polar surface area (TPSA) is 20.2 Å². The van der Waals surface area contributed by atoms with Gasteiger partial charge < -0.3 is 5.11 Å². The van der Waals surface area contributed by atoms with Crippen LogP contribution < -0.4 is 15.9 Å². The van der Waals surface area contributed by atoms with Crippen LogP contribution in [0.15, 0.2) is 97.1 Å². The number of benzene rings is 4. The van der Waals surface area contributed by atoms with Crippen molar-refractivity contribution in [3.05, 3.63) is 119 Å². The number of phenols is 1. The summed E-state index contributed by atoms with van der Waals surface area (Å²) in [4.78, 5) is 0. The van der Waals surface area contributed by atoms with Gasteiger partial charge >= 0.3 is 0 Å². The Hall–Kier alpha value is -2.46. The Kier molecular flexibility index (Phi) is 7.33. The first kappa shape index (κ1) is 23.7. The van der Waals surface area contributed by atoms with Crippen molar-refractivity contribution in [2.75, 3.05) is 0 Å². The summed E-state index contributed by atoms with van der Waals surface area (Å²) >= 11 is 0. The van der Waals surface area contributed by atoms with Gasteiger partial charge in [-0.2, -0.15) is 0 Å². The first-order valence-corrected chi connectivity index (χ1v) is 13.9. The Morgan fingerprint density at radius 1 is 0.697 bits per heavy atom. The standard InChI is InChI=1S/C30H32OP2/c1-22-13-12-20-27(28(22)31)30(3,4)32-29-23(2)14-11-15-24(29)21-33(25-16-7-5-8-17-25)26-18-9-6-10-19-26/h5-20,31-32H,21H2,1-4H3.